The smallest absolute Gasteiger partial charge is 0.307 e. The molecular formula is C18H13Br2ClN2O3. The van der Waals surface area contributed by atoms with Gasteiger partial charge < -0.3 is 9.15 Å². The number of carbonyl (C=O) groups excluding carboxylic acids is 1. The van der Waals surface area contributed by atoms with Crippen LogP contribution in [-0.4, -0.2) is 18.7 Å². The van der Waals surface area contributed by atoms with E-state index in [1.54, 1.807) is 24.3 Å². The van der Waals surface area contributed by atoms with Gasteiger partial charge in [-0.05, 0) is 59.3 Å². The number of fused-ring (bicyclic) bond motifs is 1. The molecule has 8 heteroatoms. The van der Waals surface area contributed by atoms with Crippen molar-refractivity contribution in [2.45, 2.75) is 6.92 Å². The molecule has 0 unspecified atom stereocenters. The molecule has 0 aliphatic rings. The summed E-state index contributed by atoms with van der Waals surface area (Å²) >= 11 is 12.8. The predicted octanol–water partition coefficient (Wildman–Crippen LogP) is 5.77. The van der Waals surface area contributed by atoms with Crippen molar-refractivity contribution in [3.8, 4) is 5.75 Å². The summed E-state index contributed by atoms with van der Waals surface area (Å²) in [5, 5.41) is 5.32. The first-order valence-electron chi connectivity index (χ1n) is 7.62. The first-order valence-corrected chi connectivity index (χ1v) is 9.58. The lowest BCUT2D eigenvalue weighted by atomic mass is 10.2. The predicted molar refractivity (Wildman–Crippen MR) is 109 cm³/mol. The van der Waals surface area contributed by atoms with Crippen molar-refractivity contribution < 1.29 is 13.9 Å². The van der Waals surface area contributed by atoms with Crippen LogP contribution in [-0.2, 0) is 0 Å². The van der Waals surface area contributed by atoms with Gasteiger partial charge in [0.25, 0.3) is 0 Å². The van der Waals surface area contributed by atoms with Gasteiger partial charge in [-0.1, -0.05) is 27.5 Å². The molecule has 0 aliphatic heterocycles. The van der Waals surface area contributed by atoms with Gasteiger partial charge in [-0.25, -0.2) is 5.43 Å². The van der Waals surface area contributed by atoms with E-state index in [9.17, 15) is 4.79 Å². The monoisotopic (exact) mass is 498 g/mol. The lowest BCUT2D eigenvalue weighted by Gasteiger charge is -2.06. The number of furan rings is 1. The fourth-order valence-corrected chi connectivity index (χ4v) is 3.83. The highest BCUT2D eigenvalue weighted by atomic mass is 79.9. The Morgan fingerprint density at radius 1 is 1.31 bits per heavy atom. The lowest BCUT2D eigenvalue weighted by Crippen LogP contribution is -2.16. The number of hydrogen-bond donors (Lipinski definition) is 1. The largest absolute Gasteiger partial charge is 0.493 e. The zero-order valence-electron chi connectivity index (χ0n) is 13.6. The fourth-order valence-electron chi connectivity index (χ4n) is 2.31. The van der Waals surface area contributed by atoms with E-state index in [1.165, 1.54) is 6.21 Å². The highest BCUT2D eigenvalue weighted by Gasteiger charge is 2.14. The molecule has 1 heterocycles. The molecule has 0 aliphatic carbocycles. The molecule has 1 amide bonds. The zero-order chi connectivity index (χ0) is 18.7. The van der Waals surface area contributed by atoms with Crippen LogP contribution < -0.4 is 10.2 Å². The van der Waals surface area contributed by atoms with Crippen molar-refractivity contribution in [1.29, 1.82) is 0 Å². The summed E-state index contributed by atoms with van der Waals surface area (Å²) in [6.07, 6.45) is 1.48. The topological polar surface area (TPSA) is 63.8 Å². The summed E-state index contributed by atoms with van der Waals surface area (Å²) < 4.78 is 12.7. The van der Waals surface area contributed by atoms with Crippen LogP contribution in [0.5, 0.6) is 5.75 Å². The number of ether oxygens (including phenoxy) is 1. The Bertz CT molecular complexity index is 1000. The van der Waals surface area contributed by atoms with Crippen LogP contribution in [0.1, 0.15) is 23.0 Å². The molecule has 0 saturated heterocycles. The number of amides is 1. The molecule has 0 radical (unpaired) electrons. The standard InChI is InChI=1S/C18H13Br2ClN2O3/c1-2-25-15-4-3-13(21)6-11(15)9-22-23-18(24)16-7-10-5-12(19)8-14(20)17(10)26-16/h3-9H,2H2,1H3,(H,23,24)/b22-9+. The first kappa shape index (κ1) is 18.9. The maximum Gasteiger partial charge on any atom is 0.307 e. The van der Waals surface area contributed by atoms with Gasteiger partial charge in [0.2, 0.25) is 0 Å². The number of nitrogens with zero attached hydrogens (tertiary/aromatic N) is 1. The summed E-state index contributed by atoms with van der Waals surface area (Å²) in [5.41, 5.74) is 3.70. The minimum Gasteiger partial charge on any atom is -0.493 e. The van der Waals surface area contributed by atoms with Gasteiger partial charge in [0, 0.05) is 20.4 Å². The third kappa shape index (κ3) is 4.28. The van der Waals surface area contributed by atoms with E-state index >= 15 is 0 Å². The number of hydrogen-bond acceptors (Lipinski definition) is 4. The Morgan fingerprint density at radius 2 is 2.12 bits per heavy atom. The number of benzene rings is 2. The van der Waals surface area contributed by atoms with Gasteiger partial charge in [-0.3, -0.25) is 4.79 Å². The van der Waals surface area contributed by atoms with E-state index in [0.717, 1.165) is 14.3 Å². The maximum absolute atomic E-state index is 12.3. The van der Waals surface area contributed by atoms with Crippen molar-refractivity contribution in [3.63, 3.8) is 0 Å². The molecule has 5 nitrogen and oxygen atoms in total. The Kier molecular flexibility index (Phi) is 6.01. The van der Waals surface area contributed by atoms with Crippen molar-refractivity contribution in [2.75, 3.05) is 6.61 Å². The summed E-state index contributed by atoms with van der Waals surface area (Å²) in [7, 11) is 0. The maximum atomic E-state index is 12.3. The molecule has 0 bridgehead atoms. The van der Waals surface area contributed by atoms with Crippen molar-refractivity contribution in [1.82, 2.24) is 5.43 Å². The second-order valence-corrected chi connectivity index (χ2v) is 7.44. The van der Waals surface area contributed by atoms with Gasteiger partial charge in [0.1, 0.15) is 11.3 Å². The zero-order valence-corrected chi connectivity index (χ0v) is 17.5. The second-order valence-electron chi connectivity index (χ2n) is 5.23. The SMILES string of the molecule is CCOc1ccc(Cl)cc1/C=N/NC(=O)c1cc2cc(Br)cc(Br)c2o1. The number of carbonyl (C=O) groups is 1. The normalized spacial score (nSPS) is 11.2. The van der Waals surface area contributed by atoms with Crippen LogP contribution in [0, 0.1) is 0 Å². The molecule has 26 heavy (non-hydrogen) atoms. The van der Waals surface area contributed by atoms with Crippen LogP contribution in [0.3, 0.4) is 0 Å². The highest BCUT2D eigenvalue weighted by Crippen LogP contribution is 2.31. The van der Waals surface area contributed by atoms with Crippen LogP contribution in [0.25, 0.3) is 11.0 Å². The molecule has 0 atom stereocenters. The molecule has 3 rings (SSSR count). The van der Waals surface area contributed by atoms with E-state index < -0.39 is 5.91 Å². The lowest BCUT2D eigenvalue weighted by molar-refractivity contribution is 0.0929. The van der Waals surface area contributed by atoms with Crippen molar-refractivity contribution in [2.24, 2.45) is 5.10 Å². The Hall–Kier alpha value is -1.83. The second kappa shape index (κ2) is 8.24. The quantitative estimate of drug-likeness (QED) is 0.357. The number of hydrazone groups is 1. The van der Waals surface area contributed by atoms with Gasteiger partial charge in [0.15, 0.2) is 5.76 Å². The van der Waals surface area contributed by atoms with Crippen molar-refractivity contribution >= 4 is 66.6 Å². The highest BCUT2D eigenvalue weighted by molar-refractivity contribution is 9.11. The molecule has 3 aromatic rings. The Labute approximate surface area is 171 Å². The molecule has 0 fully saturated rings. The minimum atomic E-state index is -0.458. The number of halogens is 3. The van der Waals surface area contributed by atoms with Gasteiger partial charge >= 0.3 is 5.91 Å². The average molecular weight is 501 g/mol. The average Bonchev–Trinajstić information content (AvgIpc) is 3.01. The fraction of sp³-hybridized carbons (Fsp3) is 0.111. The van der Waals surface area contributed by atoms with Crippen molar-refractivity contribution in [3.05, 3.63) is 61.7 Å². The Balaban J connectivity index is 1.78. The van der Waals surface area contributed by atoms with E-state index in [4.69, 9.17) is 20.8 Å². The van der Waals surface area contributed by atoms with Gasteiger partial charge in [-0.15, -0.1) is 0 Å². The van der Waals surface area contributed by atoms with Crippen LogP contribution in [0.4, 0.5) is 0 Å². The van der Waals surface area contributed by atoms with Crippen LogP contribution in [0.15, 0.2) is 54.9 Å². The van der Waals surface area contributed by atoms with Crippen LogP contribution in [0.2, 0.25) is 5.02 Å². The van der Waals surface area contributed by atoms with E-state index in [0.29, 0.717) is 28.5 Å². The molecule has 0 saturated carbocycles. The molecular weight excluding hydrogens is 487 g/mol. The first-order chi connectivity index (χ1) is 12.5. The summed E-state index contributed by atoms with van der Waals surface area (Å²) in [6, 6.07) is 10.6. The number of rotatable bonds is 5. The molecule has 1 N–H and O–H groups in total. The molecule has 2 aromatic carbocycles. The third-order valence-corrected chi connectivity index (χ3v) is 4.68. The van der Waals surface area contributed by atoms with Gasteiger partial charge in [-0.2, -0.15) is 5.10 Å². The molecule has 1 aromatic heterocycles. The Morgan fingerprint density at radius 3 is 2.88 bits per heavy atom. The van der Waals surface area contributed by atoms with E-state index in [1.807, 2.05) is 19.1 Å². The summed E-state index contributed by atoms with van der Waals surface area (Å²) in [5.74, 6) is 0.333. The summed E-state index contributed by atoms with van der Waals surface area (Å²) in [4.78, 5) is 12.3. The molecule has 134 valence electrons. The van der Waals surface area contributed by atoms with E-state index in [2.05, 4.69) is 42.4 Å². The van der Waals surface area contributed by atoms with Crippen LogP contribution >= 0.6 is 43.5 Å². The van der Waals surface area contributed by atoms with E-state index in [-0.39, 0.29) is 5.76 Å². The molecule has 0 spiro atoms. The minimum absolute atomic E-state index is 0.159. The summed E-state index contributed by atoms with van der Waals surface area (Å²) in [6.45, 7) is 2.40. The third-order valence-electron chi connectivity index (χ3n) is 3.40. The number of nitrogens with one attached hydrogen (secondary N) is 1. The van der Waals surface area contributed by atoms with Gasteiger partial charge in [0.05, 0.1) is 17.3 Å².